The number of nitrogen functional groups attached to an aromatic ring is 1. The molecule has 88 valence electrons. The minimum atomic E-state index is 0.448. The molecule has 0 saturated heterocycles. The number of hydrogen-bond acceptors (Lipinski definition) is 3. The lowest BCUT2D eigenvalue weighted by molar-refractivity contribution is 0.304. The van der Waals surface area contributed by atoms with Crippen molar-refractivity contribution < 1.29 is 4.74 Å². The quantitative estimate of drug-likeness (QED) is 0.878. The summed E-state index contributed by atoms with van der Waals surface area (Å²) >= 11 is 0. The van der Waals surface area contributed by atoms with Crippen LogP contribution in [0.3, 0.4) is 0 Å². The second kappa shape index (κ2) is 4.87. The Labute approximate surface area is 101 Å². The summed E-state index contributed by atoms with van der Waals surface area (Å²) in [7, 11) is 0. The molecule has 0 fully saturated rings. The van der Waals surface area contributed by atoms with Crippen LogP contribution in [0.5, 0.6) is 5.75 Å². The van der Waals surface area contributed by atoms with Crippen LogP contribution in [0.25, 0.3) is 0 Å². The molecule has 2 N–H and O–H groups in total. The second-order valence-corrected chi connectivity index (χ2v) is 4.11. The van der Waals surface area contributed by atoms with Gasteiger partial charge in [-0.15, -0.1) is 0 Å². The predicted octanol–water partition coefficient (Wildman–Crippen LogP) is 2.86. The van der Waals surface area contributed by atoms with Gasteiger partial charge in [0.05, 0.1) is 0 Å². The standard InChI is InChI=1S/C14H16N2O/c1-10-5-6-13(11(2)8-10)17-9-12-4-3-7-16-14(12)15/h3-8H,9H2,1-2H3,(H2,15,16). The van der Waals surface area contributed by atoms with E-state index in [0.717, 1.165) is 16.9 Å². The van der Waals surface area contributed by atoms with E-state index in [1.807, 2.05) is 31.2 Å². The van der Waals surface area contributed by atoms with Crippen LogP contribution in [0.2, 0.25) is 0 Å². The smallest absolute Gasteiger partial charge is 0.129 e. The van der Waals surface area contributed by atoms with Gasteiger partial charge >= 0.3 is 0 Å². The summed E-state index contributed by atoms with van der Waals surface area (Å²) in [5, 5.41) is 0. The number of ether oxygens (including phenoxy) is 1. The molecule has 0 bridgehead atoms. The SMILES string of the molecule is Cc1ccc(OCc2cccnc2N)c(C)c1. The molecule has 0 amide bonds. The molecule has 1 heterocycles. The van der Waals surface area contributed by atoms with Crippen LogP contribution in [0.1, 0.15) is 16.7 Å². The van der Waals surface area contributed by atoms with Crippen LogP contribution in [0.15, 0.2) is 36.5 Å². The fraction of sp³-hybridized carbons (Fsp3) is 0.214. The van der Waals surface area contributed by atoms with Gasteiger partial charge in [0.1, 0.15) is 18.2 Å². The number of aromatic nitrogens is 1. The van der Waals surface area contributed by atoms with Crippen molar-refractivity contribution in [2.24, 2.45) is 0 Å². The lowest BCUT2D eigenvalue weighted by atomic mass is 10.1. The van der Waals surface area contributed by atoms with Gasteiger partial charge in [0.15, 0.2) is 0 Å². The fourth-order valence-electron chi connectivity index (χ4n) is 1.69. The van der Waals surface area contributed by atoms with Gasteiger partial charge in [0.25, 0.3) is 0 Å². The van der Waals surface area contributed by atoms with Crippen molar-refractivity contribution in [1.82, 2.24) is 4.98 Å². The first-order valence-corrected chi connectivity index (χ1v) is 5.56. The normalized spacial score (nSPS) is 10.2. The summed E-state index contributed by atoms with van der Waals surface area (Å²) in [4.78, 5) is 4.03. The third kappa shape index (κ3) is 2.75. The molecule has 17 heavy (non-hydrogen) atoms. The third-order valence-electron chi connectivity index (χ3n) is 2.64. The Hall–Kier alpha value is -2.03. The summed E-state index contributed by atoms with van der Waals surface area (Å²) in [6, 6.07) is 9.90. The summed E-state index contributed by atoms with van der Waals surface area (Å²) < 4.78 is 5.74. The lowest BCUT2D eigenvalue weighted by Gasteiger charge is -2.10. The van der Waals surface area contributed by atoms with Crippen molar-refractivity contribution in [3.63, 3.8) is 0 Å². The van der Waals surface area contributed by atoms with Crippen molar-refractivity contribution in [3.05, 3.63) is 53.2 Å². The lowest BCUT2D eigenvalue weighted by Crippen LogP contribution is -2.02. The Morgan fingerprint density at radius 3 is 2.76 bits per heavy atom. The molecule has 2 rings (SSSR count). The van der Waals surface area contributed by atoms with Gasteiger partial charge in [-0.25, -0.2) is 4.98 Å². The van der Waals surface area contributed by atoms with E-state index in [2.05, 4.69) is 18.0 Å². The van der Waals surface area contributed by atoms with Crippen molar-refractivity contribution in [3.8, 4) is 5.75 Å². The average molecular weight is 228 g/mol. The van der Waals surface area contributed by atoms with Crippen LogP contribution < -0.4 is 10.5 Å². The van der Waals surface area contributed by atoms with E-state index in [1.165, 1.54) is 5.56 Å². The number of aryl methyl sites for hydroxylation is 2. The molecular weight excluding hydrogens is 212 g/mol. The largest absolute Gasteiger partial charge is 0.488 e. The Morgan fingerprint density at radius 2 is 2.06 bits per heavy atom. The Bertz CT molecular complexity index is 523. The van der Waals surface area contributed by atoms with Crippen LogP contribution in [0.4, 0.5) is 5.82 Å². The van der Waals surface area contributed by atoms with E-state index in [1.54, 1.807) is 6.20 Å². The molecule has 0 aliphatic heterocycles. The van der Waals surface area contributed by atoms with E-state index < -0.39 is 0 Å². The fourth-order valence-corrected chi connectivity index (χ4v) is 1.69. The Morgan fingerprint density at radius 1 is 1.24 bits per heavy atom. The van der Waals surface area contributed by atoms with Crippen LogP contribution >= 0.6 is 0 Å². The first kappa shape index (κ1) is 11.5. The zero-order valence-corrected chi connectivity index (χ0v) is 10.1. The molecule has 0 aliphatic carbocycles. The molecule has 3 heteroatoms. The molecule has 0 unspecified atom stereocenters. The van der Waals surface area contributed by atoms with Gasteiger partial charge < -0.3 is 10.5 Å². The van der Waals surface area contributed by atoms with Gasteiger partial charge in [-0.2, -0.15) is 0 Å². The van der Waals surface area contributed by atoms with Gasteiger partial charge in [0, 0.05) is 11.8 Å². The first-order chi connectivity index (χ1) is 8.16. The zero-order valence-electron chi connectivity index (χ0n) is 10.1. The zero-order chi connectivity index (χ0) is 12.3. The maximum atomic E-state index is 5.76. The van der Waals surface area contributed by atoms with Crippen molar-refractivity contribution in [2.45, 2.75) is 20.5 Å². The summed E-state index contributed by atoms with van der Waals surface area (Å²) in [5.41, 5.74) is 9.03. The predicted molar refractivity (Wildman–Crippen MR) is 68.9 cm³/mol. The monoisotopic (exact) mass is 228 g/mol. The van der Waals surface area contributed by atoms with Crippen LogP contribution in [-0.2, 0) is 6.61 Å². The van der Waals surface area contributed by atoms with E-state index in [0.29, 0.717) is 12.4 Å². The summed E-state index contributed by atoms with van der Waals surface area (Å²) in [6.07, 6.45) is 1.68. The third-order valence-corrected chi connectivity index (χ3v) is 2.64. The highest BCUT2D eigenvalue weighted by molar-refractivity contribution is 5.39. The van der Waals surface area contributed by atoms with E-state index >= 15 is 0 Å². The van der Waals surface area contributed by atoms with E-state index in [-0.39, 0.29) is 0 Å². The van der Waals surface area contributed by atoms with Crippen LogP contribution in [-0.4, -0.2) is 4.98 Å². The maximum Gasteiger partial charge on any atom is 0.129 e. The number of nitrogens with two attached hydrogens (primary N) is 1. The van der Waals surface area contributed by atoms with Gasteiger partial charge in [-0.05, 0) is 31.5 Å². The van der Waals surface area contributed by atoms with Crippen molar-refractivity contribution in [1.29, 1.82) is 0 Å². The highest BCUT2D eigenvalue weighted by Crippen LogP contribution is 2.20. The summed E-state index contributed by atoms with van der Waals surface area (Å²) in [5.74, 6) is 1.41. The topological polar surface area (TPSA) is 48.1 Å². The first-order valence-electron chi connectivity index (χ1n) is 5.56. The average Bonchev–Trinajstić information content (AvgIpc) is 2.30. The van der Waals surface area contributed by atoms with Gasteiger partial charge in [-0.1, -0.05) is 23.8 Å². The molecule has 2 aromatic rings. The summed E-state index contributed by atoms with van der Waals surface area (Å²) in [6.45, 7) is 4.55. The number of nitrogens with zero attached hydrogens (tertiary/aromatic N) is 1. The second-order valence-electron chi connectivity index (χ2n) is 4.11. The van der Waals surface area contributed by atoms with Crippen molar-refractivity contribution in [2.75, 3.05) is 5.73 Å². The molecule has 1 aromatic heterocycles. The maximum absolute atomic E-state index is 5.76. The number of anilines is 1. The van der Waals surface area contributed by atoms with E-state index in [9.17, 15) is 0 Å². The highest BCUT2D eigenvalue weighted by atomic mass is 16.5. The Balaban J connectivity index is 2.10. The van der Waals surface area contributed by atoms with Gasteiger partial charge in [-0.3, -0.25) is 0 Å². The molecule has 0 aliphatic rings. The Kier molecular flexibility index (Phi) is 3.28. The molecule has 0 radical (unpaired) electrons. The number of benzene rings is 1. The number of pyridine rings is 1. The van der Waals surface area contributed by atoms with Gasteiger partial charge in [0.2, 0.25) is 0 Å². The number of hydrogen-bond donors (Lipinski definition) is 1. The minimum Gasteiger partial charge on any atom is -0.488 e. The molecule has 1 aromatic carbocycles. The molecular formula is C14H16N2O. The molecule has 3 nitrogen and oxygen atoms in total. The highest BCUT2D eigenvalue weighted by Gasteiger charge is 2.03. The number of rotatable bonds is 3. The molecule has 0 spiro atoms. The molecule has 0 atom stereocenters. The van der Waals surface area contributed by atoms with Crippen molar-refractivity contribution >= 4 is 5.82 Å². The minimum absolute atomic E-state index is 0.448. The van der Waals surface area contributed by atoms with Crippen LogP contribution in [0, 0.1) is 13.8 Å². The molecule has 0 saturated carbocycles. The van der Waals surface area contributed by atoms with E-state index in [4.69, 9.17) is 10.5 Å².